The third-order valence-corrected chi connectivity index (χ3v) is 5.98. The monoisotopic (exact) mass is 456 g/mol. The number of amides is 2. The van der Waals surface area contributed by atoms with Crippen LogP contribution >= 0.6 is 0 Å². The van der Waals surface area contributed by atoms with E-state index in [0.29, 0.717) is 12.8 Å². The number of hydrogen-bond acceptors (Lipinski definition) is 5. The Bertz CT molecular complexity index is 802. The van der Waals surface area contributed by atoms with Crippen LogP contribution in [0.1, 0.15) is 63.0 Å². The summed E-state index contributed by atoms with van der Waals surface area (Å²) in [5, 5.41) is 15.5. The number of rotatable bonds is 14. The number of aliphatic hydroxyl groups excluding tert-OH is 1. The molecule has 1 aliphatic rings. The number of allylic oxidation sites excluding steroid dienone is 2. The predicted octanol–water partition coefficient (Wildman–Crippen LogP) is 3.36. The molecule has 1 aromatic rings. The maximum atomic E-state index is 12.9. The Balaban J connectivity index is 1.99. The molecule has 0 radical (unpaired) electrons. The van der Waals surface area contributed by atoms with Gasteiger partial charge in [0.1, 0.15) is 6.10 Å². The Morgan fingerprint density at radius 1 is 1.12 bits per heavy atom. The Morgan fingerprint density at radius 2 is 1.82 bits per heavy atom. The van der Waals surface area contributed by atoms with Crippen molar-refractivity contribution in [3.63, 3.8) is 0 Å². The highest BCUT2D eigenvalue weighted by Crippen LogP contribution is 2.29. The summed E-state index contributed by atoms with van der Waals surface area (Å²) >= 11 is 0. The summed E-state index contributed by atoms with van der Waals surface area (Å²) in [5.41, 5.74) is 0.193. The zero-order chi connectivity index (χ0) is 24.1. The molecule has 0 bridgehead atoms. The third kappa shape index (κ3) is 8.50. The van der Waals surface area contributed by atoms with Crippen LogP contribution < -0.4 is 10.6 Å². The maximum absolute atomic E-state index is 12.9. The molecule has 0 saturated heterocycles. The Hall–Kier alpha value is -2.93. The zero-order valence-corrected chi connectivity index (χ0v) is 19.3. The largest absolute Gasteiger partial charge is 0.456 e. The third-order valence-electron chi connectivity index (χ3n) is 5.98. The van der Waals surface area contributed by atoms with E-state index in [4.69, 9.17) is 4.74 Å². The first-order valence-electron chi connectivity index (χ1n) is 11.6. The van der Waals surface area contributed by atoms with E-state index in [9.17, 15) is 19.5 Å². The van der Waals surface area contributed by atoms with Crippen molar-refractivity contribution < 1.29 is 24.2 Å². The van der Waals surface area contributed by atoms with Gasteiger partial charge in [0.05, 0.1) is 24.6 Å². The summed E-state index contributed by atoms with van der Waals surface area (Å²) in [6.45, 7) is 7.31. The lowest BCUT2D eigenvalue weighted by molar-refractivity contribution is -0.150. The van der Waals surface area contributed by atoms with Crippen LogP contribution in [-0.4, -0.2) is 41.6 Å². The predicted molar refractivity (Wildman–Crippen MR) is 127 cm³/mol. The topological polar surface area (TPSA) is 105 Å². The van der Waals surface area contributed by atoms with Crippen molar-refractivity contribution in [2.24, 2.45) is 5.92 Å². The number of hydrogen-bond donors (Lipinski definition) is 3. The fourth-order valence-corrected chi connectivity index (χ4v) is 4.10. The summed E-state index contributed by atoms with van der Waals surface area (Å²) in [6.07, 6.45) is 7.08. The molecule has 7 nitrogen and oxygen atoms in total. The summed E-state index contributed by atoms with van der Waals surface area (Å²) in [5.74, 6) is -1.54. The van der Waals surface area contributed by atoms with Crippen molar-refractivity contribution in [3.8, 4) is 0 Å². The minimum Gasteiger partial charge on any atom is -0.456 e. The van der Waals surface area contributed by atoms with Crippen LogP contribution in [0.5, 0.6) is 0 Å². The molecule has 3 N–H and O–H groups in total. The lowest BCUT2D eigenvalue weighted by Crippen LogP contribution is -2.50. The average Bonchev–Trinajstić information content (AvgIpc) is 3.29. The van der Waals surface area contributed by atoms with E-state index < -0.39 is 17.6 Å². The Labute approximate surface area is 196 Å². The smallest absolute Gasteiger partial charge is 0.306 e. The number of carbonyl (C=O) groups excluding carboxylic acids is 3. The van der Waals surface area contributed by atoms with Gasteiger partial charge in [0.25, 0.3) is 0 Å². The molecule has 0 spiro atoms. The molecule has 1 fully saturated rings. The Morgan fingerprint density at radius 3 is 2.42 bits per heavy atom. The fourth-order valence-electron chi connectivity index (χ4n) is 4.10. The van der Waals surface area contributed by atoms with Gasteiger partial charge in [-0.1, -0.05) is 55.3 Å². The van der Waals surface area contributed by atoms with Crippen LogP contribution in [0.4, 0.5) is 0 Å². The minimum absolute atomic E-state index is 0.00523. The molecule has 1 saturated carbocycles. The molecule has 0 heterocycles. The minimum atomic E-state index is -0.637. The second kappa shape index (κ2) is 13.6. The molecule has 0 aliphatic heterocycles. The van der Waals surface area contributed by atoms with Gasteiger partial charge in [0.15, 0.2) is 0 Å². The van der Waals surface area contributed by atoms with E-state index in [1.807, 2.05) is 30.3 Å². The van der Waals surface area contributed by atoms with Crippen molar-refractivity contribution in [2.45, 2.75) is 63.0 Å². The van der Waals surface area contributed by atoms with Gasteiger partial charge in [-0.15, -0.1) is 13.2 Å². The van der Waals surface area contributed by atoms with Gasteiger partial charge in [-0.2, -0.15) is 0 Å². The molecule has 1 aromatic carbocycles. The van der Waals surface area contributed by atoms with Gasteiger partial charge in [-0.05, 0) is 31.2 Å². The highest BCUT2D eigenvalue weighted by Gasteiger charge is 2.35. The number of nitrogens with one attached hydrogen (secondary N) is 2. The van der Waals surface area contributed by atoms with Gasteiger partial charge >= 0.3 is 5.97 Å². The quantitative estimate of drug-likeness (QED) is 0.294. The lowest BCUT2D eigenvalue weighted by Gasteiger charge is -2.29. The van der Waals surface area contributed by atoms with Crippen molar-refractivity contribution in [1.29, 1.82) is 0 Å². The van der Waals surface area contributed by atoms with Crippen LogP contribution in [0.25, 0.3) is 0 Å². The van der Waals surface area contributed by atoms with Gasteiger partial charge in [-0.25, -0.2) is 0 Å². The molecule has 180 valence electrons. The standard InChI is InChI=1S/C26H36N2O5/c1-3-5-14-24(31)33-22(20-12-7-6-8-13-20)18-27-25(32)21(11-4-2)17-23(30)28-26(19-29)15-9-10-16-26/h3-4,6-8,12-13,21-22,29H,1-2,5,9-11,14-19H2,(H,27,32)(H,28,30)/t21-,22-/m0/s1. The summed E-state index contributed by atoms with van der Waals surface area (Å²) in [7, 11) is 0. The van der Waals surface area contributed by atoms with Gasteiger partial charge in [0, 0.05) is 12.8 Å². The van der Waals surface area contributed by atoms with Crippen LogP contribution in [0.2, 0.25) is 0 Å². The molecule has 2 atom stereocenters. The lowest BCUT2D eigenvalue weighted by atomic mass is 9.95. The van der Waals surface area contributed by atoms with E-state index in [-0.39, 0.29) is 43.8 Å². The van der Waals surface area contributed by atoms with Crippen molar-refractivity contribution in [1.82, 2.24) is 10.6 Å². The van der Waals surface area contributed by atoms with Crippen LogP contribution in [0.3, 0.4) is 0 Å². The molecule has 2 rings (SSSR count). The van der Waals surface area contributed by atoms with Crippen LogP contribution in [0.15, 0.2) is 55.6 Å². The summed E-state index contributed by atoms with van der Waals surface area (Å²) in [4.78, 5) is 37.7. The number of esters is 1. The fraction of sp³-hybridized carbons (Fsp3) is 0.500. The van der Waals surface area contributed by atoms with E-state index >= 15 is 0 Å². The van der Waals surface area contributed by atoms with E-state index in [1.54, 1.807) is 12.2 Å². The molecule has 0 unspecified atom stereocenters. The molecule has 1 aliphatic carbocycles. The molecule has 7 heteroatoms. The van der Waals surface area contributed by atoms with E-state index in [0.717, 1.165) is 31.2 Å². The van der Waals surface area contributed by atoms with Gasteiger partial charge in [0.2, 0.25) is 11.8 Å². The molecule has 0 aromatic heterocycles. The van der Waals surface area contributed by atoms with Gasteiger partial charge < -0.3 is 20.5 Å². The average molecular weight is 457 g/mol. The number of aliphatic hydroxyl groups is 1. The number of carbonyl (C=O) groups is 3. The normalized spacial score (nSPS) is 16.3. The van der Waals surface area contributed by atoms with Crippen molar-refractivity contribution in [3.05, 3.63) is 61.2 Å². The molecule has 33 heavy (non-hydrogen) atoms. The second-order valence-corrected chi connectivity index (χ2v) is 8.58. The Kier molecular flexibility index (Phi) is 10.8. The van der Waals surface area contributed by atoms with Gasteiger partial charge in [-0.3, -0.25) is 14.4 Å². The first-order chi connectivity index (χ1) is 15.9. The summed E-state index contributed by atoms with van der Waals surface area (Å²) in [6, 6.07) is 9.21. The first-order valence-corrected chi connectivity index (χ1v) is 11.6. The number of ether oxygens (including phenoxy) is 1. The molecule has 2 amide bonds. The first kappa shape index (κ1) is 26.3. The maximum Gasteiger partial charge on any atom is 0.306 e. The number of benzene rings is 1. The molecular formula is C26H36N2O5. The van der Waals surface area contributed by atoms with Crippen molar-refractivity contribution in [2.75, 3.05) is 13.2 Å². The van der Waals surface area contributed by atoms with Crippen LogP contribution in [0, 0.1) is 5.92 Å². The van der Waals surface area contributed by atoms with E-state index in [2.05, 4.69) is 23.8 Å². The highest BCUT2D eigenvalue weighted by atomic mass is 16.5. The zero-order valence-electron chi connectivity index (χ0n) is 19.3. The highest BCUT2D eigenvalue weighted by molar-refractivity contribution is 5.86. The SMILES string of the molecule is C=CCCC(=O)O[C@@H](CNC(=O)[C@@H](CC=C)CC(=O)NC1(CO)CCCC1)c1ccccc1. The van der Waals surface area contributed by atoms with E-state index in [1.165, 1.54) is 0 Å². The van der Waals surface area contributed by atoms with Crippen molar-refractivity contribution >= 4 is 17.8 Å². The molecular weight excluding hydrogens is 420 g/mol. The second-order valence-electron chi connectivity index (χ2n) is 8.58. The van der Waals surface area contributed by atoms with Crippen LogP contribution in [-0.2, 0) is 19.1 Å². The summed E-state index contributed by atoms with van der Waals surface area (Å²) < 4.78 is 5.60.